The summed E-state index contributed by atoms with van der Waals surface area (Å²) in [5.41, 5.74) is -0.181. The Balaban J connectivity index is 0.000000534. The molecule has 0 unspecified atom stereocenters. The fourth-order valence-corrected chi connectivity index (χ4v) is 3.92. The number of nitrogens with one attached hydrogen (secondary N) is 2. The van der Waals surface area contributed by atoms with Gasteiger partial charge in [-0.1, -0.05) is 0 Å². The second-order valence-electron chi connectivity index (χ2n) is 13.1. The number of rotatable bonds is 18. The summed E-state index contributed by atoms with van der Waals surface area (Å²) in [5.74, 6) is -0.422. The van der Waals surface area contributed by atoms with Crippen LogP contribution in [0.15, 0.2) is 24.3 Å². The van der Waals surface area contributed by atoms with Crippen molar-refractivity contribution in [3.63, 3.8) is 0 Å². The number of esters is 2. The van der Waals surface area contributed by atoms with Crippen LogP contribution in [0.4, 0.5) is 9.59 Å². The summed E-state index contributed by atoms with van der Waals surface area (Å²) in [4.78, 5) is 54.9. The van der Waals surface area contributed by atoms with Crippen molar-refractivity contribution >= 4 is 24.1 Å². The van der Waals surface area contributed by atoms with Gasteiger partial charge in [-0.3, -0.25) is 4.98 Å². The van der Waals surface area contributed by atoms with Gasteiger partial charge in [0.15, 0.2) is 11.4 Å². The molecule has 2 rings (SSSR count). The van der Waals surface area contributed by atoms with E-state index in [0.29, 0.717) is 62.0 Å². The van der Waals surface area contributed by atoms with Crippen LogP contribution < -0.4 is 20.1 Å². The quantitative estimate of drug-likeness (QED) is 0.0914. The molecule has 0 bridgehead atoms. The maximum absolute atomic E-state index is 12.0. The molecule has 2 aromatic rings. The lowest BCUT2D eigenvalue weighted by Crippen LogP contribution is -2.33. The average Bonchev–Trinajstić information content (AvgIpc) is 3.06. The standard InChI is InChI=1S/C20H30N2O7.C16H26N2O5/c1-6-26-17(23)15-12-14(13-16(22-15)18(24)27-7-2)28-11-9-8-10-21-19(25)29-20(3,4)5;1-16(2,3)23-15(21)17-6-4-5-7-22-14-8-12(10-19)18-13(9-14)11-20/h12-13H,6-11H2,1-5H3,(H,21,25);8-9,19-20H,4-7,10-11H2,1-3H3,(H,17,21). The molecule has 0 fully saturated rings. The Bertz CT molecular complexity index is 1350. The van der Waals surface area contributed by atoms with Crippen LogP contribution in [0, 0.1) is 0 Å². The van der Waals surface area contributed by atoms with Crippen LogP contribution in [0.25, 0.3) is 0 Å². The minimum absolute atomic E-state index is 0.0287. The fourth-order valence-electron chi connectivity index (χ4n) is 3.92. The molecule has 2 aromatic heterocycles. The van der Waals surface area contributed by atoms with Gasteiger partial charge in [0.25, 0.3) is 0 Å². The number of hydrogen-bond acceptors (Lipinski definition) is 14. The molecule has 0 aliphatic rings. The first-order valence-corrected chi connectivity index (χ1v) is 17.3. The second kappa shape index (κ2) is 23.7. The van der Waals surface area contributed by atoms with Crippen LogP contribution in [-0.2, 0) is 32.2 Å². The Kier molecular flexibility index (Phi) is 20.7. The first kappa shape index (κ1) is 45.3. The molecule has 0 radical (unpaired) electrons. The number of carbonyl (C=O) groups excluding carboxylic acids is 4. The van der Waals surface area contributed by atoms with E-state index >= 15 is 0 Å². The highest BCUT2D eigenvalue weighted by Gasteiger charge is 2.18. The molecule has 0 aliphatic heterocycles. The van der Waals surface area contributed by atoms with Gasteiger partial charge in [0.05, 0.1) is 51.0 Å². The number of pyridine rings is 2. The predicted octanol–water partition coefficient (Wildman–Crippen LogP) is 4.87. The van der Waals surface area contributed by atoms with Crippen molar-refractivity contribution in [2.45, 2.75) is 105 Å². The molecule has 2 amide bonds. The second-order valence-corrected chi connectivity index (χ2v) is 13.1. The topological polar surface area (TPSA) is 214 Å². The maximum atomic E-state index is 12.0. The molecular formula is C36H56N4O12. The summed E-state index contributed by atoms with van der Waals surface area (Å²) in [7, 11) is 0. The van der Waals surface area contributed by atoms with Crippen LogP contribution in [0.5, 0.6) is 11.5 Å². The Morgan fingerprint density at radius 1 is 0.615 bits per heavy atom. The van der Waals surface area contributed by atoms with E-state index in [4.69, 9.17) is 38.6 Å². The number of aromatic nitrogens is 2. The summed E-state index contributed by atoms with van der Waals surface area (Å²) in [5, 5.41) is 23.6. The summed E-state index contributed by atoms with van der Waals surface area (Å²) in [6, 6.07) is 6.11. The monoisotopic (exact) mass is 736 g/mol. The van der Waals surface area contributed by atoms with E-state index in [0.717, 1.165) is 12.8 Å². The number of aliphatic hydroxyl groups excluding tert-OH is 2. The Hall–Kier alpha value is -4.70. The van der Waals surface area contributed by atoms with Gasteiger partial charge in [0.2, 0.25) is 0 Å². The number of ether oxygens (including phenoxy) is 6. The van der Waals surface area contributed by atoms with Crippen LogP contribution in [-0.4, -0.2) is 95.0 Å². The Morgan fingerprint density at radius 2 is 1.00 bits per heavy atom. The summed E-state index contributed by atoms with van der Waals surface area (Å²) >= 11 is 0. The smallest absolute Gasteiger partial charge is 0.407 e. The summed E-state index contributed by atoms with van der Waals surface area (Å²) < 4.78 is 31.3. The molecule has 16 nitrogen and oxygen atoms in total. The molecule has 0 spiro atoms. The van der Waals surface area contributed by atoms with Crippen molar-refractivity contribution in [2.75, 3.05) is 39.5 Å². The number of nitrogens with zero attached hydrogens (tertiary/aromatic N) is 2. The SMILES string of the molecule is CC(C)(C)OC(=O)NCCCCOc1cc(CO)nc(CO)c1.CCOC(=O)c1cc(OCCCCNC(=O)OC(C)(C)C)cc(C(=O)OCC)n1. The third-order valence-corrected chi connectivity index (χ3v) is 6.01. The van der Waals surface area contributed by atoms with Gasteiger partial charge < -0.3 is 49.3 Å². The first-order valence-electron chi connectivity index (χ1n) is 17.3. The maximum Gasteiger partial charge on any atom is 0.407 e. The third kappa shape index (κ3) is 20.8. The number of hydrogen-bond donors (Lipinski definition) is 4. The van der Waals surface area contributed by atoms with E-state index in [9.17, 15) is 19.2 Å². The Morgan fingerprint density at radius 3 is 1.35 bits per heavy atom. The van der Waals surface area contributed by atoms with Crippen molar-refractivity contribution in [3.05, 3.63) is 47.0 Å². The zero-order chi connectivity index (χ0) is 39.2. The van der Waals surface area contributed by atoms with Gasteiger partial charge in [-0.25, -0.2) is 24.2 Å². The molecule has 2 heterocycles. The largest absolute Gasteiger partial charge is 0.493 e. The lowest BCUT2D eigenvalue weighted by Gasteiger charge is -2.19. The van der Waals surface area contributed by atoms with Gasteiger partial charge in [-0.2, -0.15) is 0 Å². The average molecular weight is 737 g/mol. The van der Waals surface area contributed by atoms with Crippen LogP contribution in [0.3, 0.4) is 0 Å². The molecule has 292 valence electrons. The van der Waals surface area contributed by atoms with Crippen LogP contribution in [0.2, 0.25) is 0 Å². The van der Waals surface area contributed by atoms with Crippen LogP contribution >= 0.6 is 0 Å². The van der Waals surface area contributed by atoms with Crippen molar-refractivity contribution in [1.29, 1.82) is 0 Å². The highest BCUT2D eigenvalue weighted by atomic mass is 16.6. The molecule has 16 heteroatoms. The predicted molar refractivity (Wildman–Crippen MR) is 190 cm³/mol. The van der Waals surface area contributed by atoms with Crippen molar-refractivity contribution in [2.24, 2.45) is 0 Å². The number of unbranched alkanes of at least 4 members (excludes halogenated alkanes) is 2. The lowest BCUT2D eigenvalue weighted by molar-refractivity contribution is 0.0500. The van der Waals surface area contributed by atoms with Gasteiger partial charge in [0, 0.05) is 37.4 Å². The minimum Gasteiger partial charge on any atom is -0.493 e. The summed E-state index contributed by atoms with van der Waals surface area (Å²) in [6.07, 6.45) is 1.92. The van der Waals surface area contributed by atoms with E-state index in [1.807, 2.05) is 20.8 Å². The number of aliphatic hydroxyl groups is 2. The van der Waals surface area contributed by atoms with E-state index < -0.39 is 35.3 Å². The molecule has 0 atom stereocenters. The van der Waals surface area contributed by atoms with E-state index in [2.05, 4.69) is 20.6 Å². The zero-order valence-electron chi connectivity index (χ0n) is 31.7. The van der Waals surface area contributed by atoms with Gasteiger partial charge in [0.1, 0.15) is 22.7 Å². The lowest BCUT2D eigenvalue weighted by atomic mass is 10.2. The normalized spacial score (nSPS) is 11.0. The minimum atomic E-state index is -0.648. The van der Waals surface area contributed by atoms with Gasteiger partial charge >= 0.3 is 24.1 Å². The van der Waals surface area contributed by atoms with Gasteiger partial charge in [-0.05, 0) is 81.1 Å². The van der Waals surface area contributed by atoms with Crippen LogP contribution in [0.1, 0.15) is 113 Å². The highest BCUT2D eigenvalue weighted by molar-refractivity contribution is 5.92. The number of amides is 2. The molecule has 52 heavy (non-hydrogen) atoms. The molecule has 4 N–H and O–H groups in total. The van der Waals surface area contributed by atoms with Crippen molar-refractivity contribution in [1.82, 2.24) is 20.6 Å². The molecule has 0 saturated carbocycles. The molecule has 0 aromatic carbocycles. The summed E-state index contributed by atoms with van der Waals surface area (Å²) in [6.45, 7) is 15.9. The van der Waals surface area contributed by atoms with E-state index in [-0.39, 0.29) is 37.8 Å². The molecule has 0 aliphatic carbocycles. The van der Waals surface area contributed by atoms with Gasteiger partial charge in [-0.15, -0.1) is 0 Å². The van der Waals surface area contributed by atoms with Crippen molar-refractivity contribution < 1.29 is 57.8 Å². The third-order valence-electron chi connectivity index (χ3n) is 6.01. The highest BCUT2D eigenvalue weighted by Crippen LogP contribution is 2.18. The number of carbonyl (C=O) groups is 4. The Labute approximate surface area is 305 Å². The van der Waals surface area contributed by atoms with E-state index in [1.54, 1.807) is 46.8 Å². The molecule has 0 saturated heterocycles. The fraction of sp³-hybridized carbons (Fsp3) is 0.611. The van der Waals surface area contributed by atoms with Crippen molar-refractivity contribution in [3.8, 4) is 11.5 Å². The van der Waals surface area contributed by atoms with E-state index in [1.165, 1.54) is 12.1 Å². The first-order chi connectivity index (χ1) is 24.5. The zero-order valence-corrected chi connectivity index (χ0v) is 31.7. The molecular weight excluding hydrogens is 680 g/mol. The number of alkyl carbamates (subject to hydrolysis) is 2.